The summed E-state index contributed by atoms with van der Waals surface area (Å²) < 4.78 is 0. The molecule has 1 N–H and O–H groups in total. The van der Waals surface area contributed by atoms with Crippen molar-refractivity contribution in [2.45, 2.75) is 38.8 Å². The highest BCUT2D eigenvalue weighted by Gasteiger charge is 2.24. The van der Waals surface area contributed by atoms with Crippen LogP contribution >= 0.6 is 0 Å². The smallest absolute Gasteiger partial charge is 0.269 e. The molecule has 16 heavy (non-hydrogen) atoms. The molecule has 1 unspecified atom stereocenters. The molecule has 0 aromatic heterocycles. The average molecular weight is 220 g/mol. The van der Waals surface area contributed by atoms with E-state index >= 15 is 0 Å². The molecule has 4 nitrogen and oxygen atoms in total. The number of non-ortho nitro benzene ring substituents is 1. The molecule has 2 rings (SSSR count). The largest absolute Gasteiger partial charge is 0.307 e. The fraction of sp³-hybridized carbons (Fsp3) is 0.500. The van der Waals surface area contributed by atoms with Gasteiger partial charge >= 0.3 is 0 Å². The second kappa shape index (κ2) is 4.22. The number of hydrogen-bond donors (Lipinski definition) is 1. The number of nitro groups is 1. The van der Waals surface area contributed by atoms with Crippen molar-refractivity contribution in [3.8, 4) is 0 Å². The lowest BCUT2D eigenvalue weighted by molar-refractivity contribution is -0.384. The topological polar surface area (TPSA) is 55.2 Å². The Bertz CT molecular complexity index is 413. The molecule has 1 saturated carbocycles. The van der Waals surface area contributed by atoms with Gasteiger partial charge in [0.2, 0.25) is 0 Å². The van der Waals surface area contributed by atoms with E-state index in [4.69, 9.17) is 0 Å². The van der Waals surface area contributed by atoms with E-state index in [9.17, 15) is 10.1 Å². The van der Waals surface area contributed by atoms with Crippen LogP contribution in [-0.4, -0.2) is 11.0 Å². The summed E-state index contributed by atoms with van der Waals surface area (Å²) in [6.07, 6.45) is 2.44. The van der Waals surface area contributed by atoms with Crippen molar-refractivity contribution in [1.29, 1.82) is 0 Å². The van der Waals surface area contributed by atoms with Gasteiger partial charge in [-0.3, -0.25) is 10.1 Å². The van der Waals surface area contributed by atoms with Gasteiger partial charge in [-0.15, -0.1) is 0 Å². The predicted molar refractivity (Wildman–Crippen MR) is 62.4 cm³/mol. The maximum Gasteiger partial charge on any atom is 0.269 e. The standard InChI is InChI=1S/C12H16N2O2/c1-8-3-6-11(14(15)16)7-12(8)9(2)13-10-4-5-10/h3,6-7,9-10,13H,4-5H2,1-2H3. The minimum atomic E-state index is -0.340. The van der Waals surface area contributed by atoms with Gasteiger partial charge in [0.15, 0.2) is 0 Å². The van der Waals surface area contributed by atoms with Crippen molar-refractivity contribution >= 4 is 5.69 Å². The molecule has 0 spiro atoms. The van der Waals surface area contributed by atoms with Crippen molar-refractivity contribution in [2.24, 2.45) is 0 Å². The summed E-state index contributed by atoms with van der Waals surface area (Å²) in [4.78, 5) is 10.4. The van der Waals surface area contributed by atoms with Crippen LogP contribution in [0, 0.1) is 17.0 Å². The van der Waals surface area contributed by atoms with E-state index in [0.29, 0.717) is 6.04 Å². The molecule has 1 aliphatic rings. The number of nitro benzene ring substituents is 1. The summed E-state index contributed by atoms with van der Waals surface area (Å²) in [6, 6.07) is 5.84. The zero-order chi connectivity index (χ0) is 11.7. The minimum absolute atomic E-state index is 0.171. The normalized spacial score (nSPS) is 17.1. The van der Waals surface area contributed by atoms with Crippen molar-refractivity contribution in [3.05, 3.63) is 39.4 Å². The Balaban J connectivity index is 2.22. The van der Waals surface area contributed by atoms with Gasteiger partial charge in [-0.25, -0.2) is 0 Å². The second-order valence-corrected chi connectivity index (χ2v) is 4.46. The van der Waals surface area contributed by atoms with Gasteiger partial charge in [-0.1, -0.05) is 6.07 Å². The molecule has 1 atom stereocenters. The van der Waals surface area contributed by atoms with Gasteiger partial charge in [0.25, 0.3) is 5.69 Å². The van der Waals surface area contributed by atoms with Crippen LogP contribution in [0.4, 0.5) is 5.69 Å². The highest BCUT2D eigenvalue weighted by Crippen LogP contribution is 2.27. The fourth-order valence-corrected chi connectivity index (χ4v) is 1.90. The quantitative estimate of drug-likeness (QED) is 0.627. The van der Waals surface area contributed by atoms with Crippen molar-refractivity contribution in [1.82, 2.24) is 5.32 Å². The van der Waals surface area contributed by atoms with E-state index < -0.39 is 0 Å². The molecule has 0 amide bonds. The van der Waals surface area contributed by atoms with E-state index in [0.717, 1.165) is 11.1 Å². The van der Waals surface area contributed by atoms with Gasteiger partial charge in [0.1, 0.15) is 0 Å². The Morgan fingerprint density at radius 1 is 1.50 bits per heavy atom. The first-order valence-electron chi connectivity index (χ1n) is 5.59. The van der Waals surface area contributed by atoms with Gasteiger partial charge in [-0.2, -0.15) is 0 Å². The van der Waals surface area contributed by atoms with Crippen LogP contribution in [0.5, 0.6) is 0 Å². The summed E-state index contributed by atoms with van der Waals surface area (Å²) in [5.41, 5.74) is 2.30. The zero-order valence-electron chi connectivity index (χ0n) is 9.56. The molecule has 0 saturated heterocycles. The Hall–Kier alpha value is -1.42. The third-order valence-corrected chi connectivity index (χ3v) is 3.00. The number of aryl methyl sites for hydroxylation is 1. The summed E-state index contributed by atoms with van der Waals surface area (Å²) in [7, 11) is 0. The molecule has 1 aliphatic carbocycles. The first-order chi connectivity index (χ1) is 7.58. The van der Waals surface area contributed by atoms with Crippen LogP contribution in [0.15, 0.2) is 18.2 Å². The lowest BCUT2D eigenvalue weighted by Gasteiger charge is -2.15. The van der Waals surface area contributed by atoms with Crippen molar-refractivity contribution < 1.29 is 4.92 Å². The Kier molecular flexibility index (Phi) is 2.92. The first-order valence-corrected chi connectivity index (χ1v) is 5.59. The number of hydrogen-bond acceptors (Lipinski definition) is 3. The van der Waals surface area contributed by atoms with Crippen LogP contribution in [0.3, 0.4) is 0 Å². The number of nitrogens with zero attached hydrogens (tertiary/aromatic N) is 1. The van der Waals surface area contributed by atoms with Crippen molar-refractivity contribution in [3.63, 3.8) is 0 Å². The van der Waals surface area contributed by atoms with Gasteiger partial charge < -0.3 is 5.32 Å². The fourth-order valence-electron chi connectivity index (χ4n) is 1.90. The van der Waals surface area contributed by atoms with E-state index in [2.05, 4.69) is 12.2 Å². The molecule has 1 aromatic carbocycles. The molecule has 1 aromatic rings. The lowest BCUT2D eigenvalue weighted by atomic mass is 10.0. The molecule has 0 radical (unpaired) electrons. The highest BCUT2D eigenvalue weighted by molar-refractivity contribution is 5.40. The third-order valence-electron chi connectivity index (χ3n) is 3.00. The SMILES string of the molecule is Cc1ccc([N+](=O)[O-])cc1C(C)NC1CC1. The van der Waals surface area contributed by atoms with E-state index in [1.807, 2.05) is 13.0 Å². The average Bonchev–Trinajstić information content (AvgIpc) is 3.01. The van der Waals surface area contributed by atoms with Crippen LogP contribution in [-0.2, 0) is 0 Å². The molecule has 0 bridgehead atoms. The van der Waals surface area contributed by atoms with Gasteiger partial charge in [0, 0.05) is 24.2 Å². The second-order valence-electron chi connectivity index (χ2n) is 4.46. The Morgan fingerprint density at radius 3 is 2.75 bits per heavy atom. The summed E-state index contributed by atoms with van der Waals surface area (Å²) in [5.74, 6) is 0. The summed E-state index contributed by atoms with van der Waals surface area (Å²) >= 11 is 0. The first kappa shape index (κ1) is 11.1. The zero-order valence-corrected chi connectivity index (χ0v) is 9.56. The molecule has 1 fully saturated rings. The molecule has 86 valence electrons. The molecule has 4 heteroatoms. The number of rotatable bonds is 4. The maximum atomic E-state index is 10.7. The third kappa shape index (κ3) is 2.39. The number of nitrogens with one attached hydrogen (secondary N) is 1. The molecular weight excluding hydrogens is 204 g/mol. The Labute approximate surface area is 94.8 Å². The maximum absolute atomic E-state index is 10.7. The monoisotopic (exact) mass is 220 g/mol. The van der Waals surface area contributed by atoms with Crippen LogP contribution < -0.4 is 5.32 Å². The van der Waals surface area contributed by atoms with Crippen LogP contribution in [0.2, 0.25) is 0 Å². The van der Waals surface area contributed by atoms with E-state index in [1.165, 1.54) is 12.8 Å². The van der Waals surface area contributed by atoms with Crippen LogP contribution in [0.25, 0.3) is 0 Å². The summed E-state index contributed by atoms with van der Waals surface area (Å²) in [6.45, 7) is 4.05. The predicted octanol–water partition coefficient (Wildman–Crippen LogP) is 2.72. The summed E-state index contributed by atoms with van der Waals surface area (Å²) in [5, 5.41) is 14.2. The highest BCUT2D eigenvalue weighted by atomic mass is 16.6. The van der Waals surface area contributed by atoms with Gasteiger partial charge in [0.05, 0.1) is 4.92 Å². The number of benzene rings is 1. The van der Waals surface area contributed by atoms with E-state index in [1.54, 1.807) is 12.1 Å². The Morgan fingerprint density at radius 2 is 2.19 bits per heavy atom. The van der Waals surface area contributed by atoms with Gasteiger partial charge in [-0.05, 0) is 37.8 Å². The molecular formula is C12H16N2O2. The van der Waals surface area contributed by atoms with Crippen LogP contribution in [0.1, 0.15) is 36.9 Å². The minimum Gasteiger partial charge on any atom is -0.307 e. The van der Waals surface area contributed by atoms with E-state index in [-0.39, 0.29) is 16.7 Å². The molecule has 0 aliphatic heterocycles. The van der Waals surface area contributed by atoms with Crippen molar-refractivity contribution in [2.75, 3.05) is 0 Å². The molecule has 0 heterocycles. The lowest BCUT2D eigenvalue weighted by Crippen LogP contribution is -2.21.